The highest BCUT2D eigenvalue weighted by atomic mass is 16.6. The number of hydrogen-bond donors (Lipinski definition) is 1. The van der Waals surface area contributed by atoms with E-state index in [9.17, 15) is 9.90 Å². The molecule has 3 fully saturated rings. The van der Waals surface area contributed by atoms with E-state index in [1.165, 1.54) is 6.42 Å². The Balaban J connectivity index is 1.65. The van der Waals surface area contributed by atoms with Crippen molar-refractivity contribution in [1.29, 1.82) is 0 Å². The van der Waals surface area contributed by atoms with Crippen LogP contribution in [0.2, 0.25) is 0 Å². The summed E-state index contributed by atoms with van der Waals surface area (Å²) in [7, 11) is 4.03. The van der Waals surface area contributed by atoms with E-state index in [0.29, 0.717) is 24.2 Å². The Morgan fingerprint density at radius 1 is 1.27 bits per heavy atom. The molecule has 30 heavy (non-hydrogen) atoms. The van der Waals surface area contributed by atoms with Crippen LogP contribution in [0.4, 0.5) is 0 Å². The largest absolute Gasteiger partial charge is 0.395 e. The number of nitrogens with zero attached hydrogens (tertiary/aromatic N) is 2. The summed E-state index contributed by atoms with van der Waals surface area (Å²) >= 11 is 0. The minimum atomic E-state index is -0.266. The summed E-state index contributed by atoms with van der Waals surface area (Å²) in [5, 5.41) is 14.9. The number of carbonyl (C=O) groups is 1. The maximum atomic E-state index is 13.5. The number of fused-ring (bicyclic) bond motifs is 3. The Labute approximate surface area is 183 Å². The molecule has 1 N–H and O–H groups in total. The smallest absolute Gasteiger partial charge is 0.142 e. The van der Waals surface area contributed by atoms with E-state index in [-0.39, 0.29) is 28.8 Å². The molecule has 0 spiro atoms. The number of Topliss-reactive ketones (excluding diaryl/α,β-unsaturated/α-hetero) is 1. The van der Waals surface area contributed by atoms with Crippen molar-refractivity contribution < 1.29 is 14.7 Å². The molecule has 5 heteroatoms. The van der Waals surface area contributed by atoms with Gasteiger partial charge in [0.15, 0.2) is 0 Å². The fourth-order valence-electron chi connectivity index (χ4n) is 7.00. The van der Waals surface area contributed by atoms with E-state index >= 15 is 0 Å². The summed E-state index contributed by atoms with van der Waals surface area (Å²) in [5.74, 6) is 2.01. The Bertz CT molecular complexity index is 622. The van der Waals surface area contributed by atoms with Gasteiger partial charge in [-0.15, -0.1) is 0 Å². The zero-order valence-electron chi connectivity index (χ0n) is 19.9. The van der Waals surface area contributed by atoms with Crippen molar-refractivity contribution in [2.24, 2.45) is 39.7 Å². The molecule has 5 nitrogen and oxygen atoms in total. The Morgan fingerprint density at radius 2 is 2.03 bits per heavy atom. The summed E-state index contributed by atoms with van der Waals surface area (Å²) in [6.45, 7) is 8.26. The van der Waals surface area contributed by atoms with Crippen LogP contribution in [0.5, 0.6) is 0 Å². The van der Waals surface area contributed by atoms with Gasteiger partial charge >= 0.3 is 0 Å². The standard InChI is InChI=1S/C25H44N2O3/c1-6-11-24(2)12-9-21-20(23(24)29)8-7-19-16-22(28)18(17-25(19,21)3)10-13-26-30-15-14-27(4)5/h13,18-22,28H,6-12,14-17H2,1-5H3/b26-13-/t18?,19-,20-,21+,22-,24+,25+/m1/s1. The van der Waals surface area contributed by atoms with E-state index < -0.39 is 0 Å². The van der Waals surface area contributed by atoms with Gasteiger partial charge in [-0.3, -0.25) is 4.79 Å². The van der Waals surface area contributed by atoms with Gasteiger partial charge in [-0.25, -0.2) is 0 Å². The first-order valence-electron chi connectivity index (χ1n) is 12.2. The molecule has 0 saturated heterocycles. The van der Waals surface area contributed by atoms with Crippen molar-refractivity contribution >= 4 is 12.0 Å². The molecule has 3 aliphatic rings. The van der Waals surface area contributed by atoms with Gasteiger partial charge in [-0.05, 0) is 88.6 Å². The van der Waals surface area contributed by atoms with Gasteiger partial charge in [0.1, 0.15) is 12.4 Å². The van der Waals surface area contributed by atoms with Gasteiger partial charge in [0.05, 0.1) is 6.10 Å². The number of oxime groups is 1. The molecule has 0 aromatic carbocycles. The van der Waals surface area contributed by atoms with Crippen molar-refractivity contribution in [3.8, 4) is 0 Å². The predicted molar refractivity (Wildman–Crippen MR) is 121 cm³/mol. The number of carbonyl (C=O) groups excluding carboxylic acids is 1. The normalized spacial score (nSPS) is 41.7. The lowest BCUT2D eigenvalue weighted by atomic mass is 9.45. The van der Waals surface area contributed by atoms with E-state index in [1.807, 2.05) is 20.3 Å². The lowest BCUT2D eigenvalue weighted by Gasteiger charge is -2.59. The first kappa shape index (κ1) is 23.7. The minimum absolute atomic E-state index is 0.108. The number of hydrogen-bond acceptors (Lipinski definition) is 5. The molecule has 1 unspecified atom stereocenters. The molecule has 3 aliphatic carbocycles. The molecular formula is C25H44N2O3. The van der Waals surface area contributed by atoms with Gasteiger partial charge in [-0.2, -0.15) is 0 Å². The van der Waals surface area contributed by atoms with Crippen LogP contribution < -0.4 is 0 Å². The van der Waals surface area contributed by atoms with Gasteiger partial charge in [0, 0.05) is 24.1 Å². The second kappa shape index (κ2) is 9.68. The van der Waals surface area contributed by atoms with Crippen molar-refractivity contribution in [2.75, 3.05) is 27.2 Å². The Morgan fingerprint density at radius 3 is 2.73 bits per heavy atom. The summed E-state index contributed by atoms with van der Waals surface area (Å²) < 4.78 is 0. The van der Waals surface area contributed by atoms with Gasteiger partial charge < -0.3 is 14.8 Å². The number of aliphatic hydroxyl groups excluding tert-OH is 1. The third-order valence-electron chi connectivity index (χ3n) is 8.79. The van der Waals surface area contributed by atoms with Crippen LogP contribution >= 0.6 is 0 Å². The van der Waals surface area contributed by atoms with E-state index in [1.54, 1.807) is 0 Å². The van der Waals surface area contributed by atoms with Gasteiger partial charge in [0.2, 0.25) is 0 Å². The van der Waals surface area contributed by atoms with Crippen molar-refractivity contribution in [1.82, 2.24) is 4.90 Å². The molecule has 0 amide bonds. The maximum absolute atomic E-state index is 13.5. The number of ketones is 1. The first-order chi connectivity index (χ1) is 14.2. The summed E-state index contributed by atoms with van der Waals surface area (Å²) in [6.07, 6.45) is 10.7. The molecule has 3 rings (SSSR count). The number of aliphatic hydroxyl groups is 1. The molecular weight excluding hydrogens is 376 g/mol. The molecule has 0 aliphatic heterocycles. The zero-order valence-corrected chi connectivity index (χ0v) is 19.9. The van der Waals surface area contributed by atoms with Crippen LogP contribution in [0, 0.1) is 34.5 Å². The highest BCUT2D eigenvalue weighted by Crippen LogP contribution is 2.61. The van der Waals surface area contributed by atoms with Gasteiger partial charge in [0.25, 0.3) is 0 Å². The lowest BCUT2D eigenvalue weighted by Crippen LogP contribution is -2.56. The highest BCUT2D eigenvalue weighted by Gasteiger charge is 2.57. The molecule has 0 aromatic rings. The number of rotatable bonds is 8. The molecule has 0 heterocycles. The SMILES string of the molecule is CCC[C@@]1(C)CC[C@H]2[C@@H](CC[C@@H]3C[C@@H](O)C(C/C=N\OCCN(C)C)C[C@@]32C)C1=O. The first-order valence-corrected chi connectivity index (χ1v) is 12.2. The lowest BCUT2D eigenvalue weighted by molar-refractivity contribution is -0.157. The van der Waals surface area contributed by atoms with Crippen LogP contribution in [0.15, 0.2) is 5.16 Å². The molecule has 3 saturated carbocycles. The van der Waals surface area contributed by atoms with Crippen LogP contribution in [-0.2, 0) is 9.63 Å². The number of likely N-dealkylation sites (N-methyl/N-ethyl adjacent to an activating group) is 1. The summed E-state index contributed by atoms with van der Waals surface area (Å²) in [6, 6.07) is 0. The van der Waals surface area contributed by atoms with E-state index in [2.05, 4.69) is 30.8 Å². The fraction of sp³-hybridized carbons (Fsp3) is 0.920. The maximum Gasteiger partial charge on any atom is 0.142 e. The quantitative estimate of drug-likeness (QED) is 0.356. The van der Waals surface area contributed by atoms with Crippen LogP contribution in [0.25, 0.3) is 0 Å². The van der Waals surface area contributed by atoms with Gasteiger partial charge in [-0.1, -0.05) is 32.3 Å². The van der Waals surface area contributed by atoms with Crippen LogP contribution in [0.3, 0.4) is 0 Å². The van der Waals surface area contributed by atoms with Crippen molar-refractivity contribution in [3.05, 3.63) is 0 Å². The second-order valence-corrected chi connectivity index (χ2v) is 11.1. The summed E-state index contributed by atoms with van der Waals surface area (Å²) in [5.41, 5.74) is 0.0545. The molecule has 0 aromatic heterocycles. The second-order valence-electron chi connectivity index (χ2n) is 11.1. The average molecular weight is 421 g/mol. The van der Waals surface area contributed by atoms with E-state index in [4.69, 9.17) is 4.84 Å². The fourth-order valence-corrected chi connectivity index (χ4v) is 7.00. The van der Waals surface area contributed by atoms with Crippen LogP contribution in [-0.4, -0.2) is 55.4 Å². The van der Waals surface area contributed by atoms with Crippen molar-refractivity contribution in [2.45, 2.75) is 84.7 Å². The average Bonchev–Trinajstić information content (AvgIpc) is 2.68. The monoisotopic (exact) mass is 420 g/mol. The molecule has 0 radical (unpaired) electrons. The Hall–Kier alpha value is -0.940. The van der Waals surface area contributed by atoms with Crippen LogP contribution in [0.1, 0.15) is 78.6 Å². The van der Waals surface area contributed by atoms with Crippen molar-refractivity contribution in [3.63, 3.8) is 0 Å². The topological polar surface area (TPSA) is 62.1 Å². The Kier molecular flexibility index (Phi) is 7.66. The third-order valence-corrected chi connectivity index (χ3v) is 8.79. The zero-order chi connectivity index (χ0) is 21.9. The molecule has 172 valence electrons. The third kappa shape index (κ3) is 4.77. The highest BCUT2D eigenvalue weighted by molar-refractivity contribution is 5.88. The minimum Gasteiger partial charge on any atom is -0.395 e. The molecule has 7 atom stereocenters. The predicted octanol–water partition coefficient (Wildman–Crippen LogP) is 4.53. The van der Waals surface area contributed by atoms with E-state index in [0.717, 1.165) is 57.9 Å². The molecule has 0 bridgehead atoms. The summed E-state index contributed by atoms with van der Waals surface area (Å²) in [4.78, 5) is 20.9.